The zero-order valence-electron chi connectivity index (χ0n) is 14.0. The van der Waals surface area contributed by atoms with E-state index in [-0.39, 0.29) is 26.6 Å². The van der Waals surface area contributed by atoms with Crippen LogP contribution >= 0.6 is 0 Å². The minimum Gasteiger partial charge on any atom is -0.497 e. The first-order valence-corrected chi connectivity index (χ1v) is 8.66. The Kier molecular flexibility index (Phi) is 4.77. The van der Waals surface area contributed by atoms with E-state index in [9.17, 15) is 18.3 Å². The van der Waals surface area contributed by atoms with Crippen molar-refractivity contribution in [3.63, 3.8) is 0 Å². The second kappa shape index (κ2) is 6.49. The van der Waals surface area contributed by atoms with Gasteiger partial charge in [0.1, 0.15) is 5.75 Å². The number of nitrogens with two attached hydrogens (primary N) is 1. The van der Waals surface area contributed by atoms with E-state index in [1.165, 1.54) is 38.3 Å². The number of nitrogen functional groups attached to an aromatic ring is 1. The second-order valence-electron chi connectivity index (χ2n) is 5.37. The van der Waals surface area contributed by atoms with Crippen LogP contribution in [-0.4, -0.2) is 26.6 Å². The minimum atomic E-state index is -4.15. The monoisotopic (exact) mass is 359 g/mol. The maximum absolute atomic E-state index is 13.1. The number of benzene rings is 2. The highest BCUT2D eigenvalue weighted by Crippen LogP contribution is 2.36. The highest BCUT2D eigenvalue weighted by atomic mass is 32.2. The first kappa shape index (κ1) is 18.4. The molecule has 0 fully saturated rings. The molecule has 0 aliphatic rings. The van der Waals surface area contributed by atoms with Gasteiger partial charge >= 0.3 is 5.97 Å². The van der Waals surface area contributed by atoms with Gasteiger partial charge in [0, 0.05) is 11.3 Å². The summed E-state index contributed by atoms with van der Waals surface area (Å²) in [5.74, 6) is 1.30. The van der Waals surface area contributed by atoms with Crippen LogP contribution in [0.4, 0.5) is 5.69 Å². The van der Waals surface area contributed by atoms with Crippen molar-refractivity contribution in [2.75, 3.05) is 12.8 Å². The zero-order chi connectivity index (χ0) is 18.9. The predicted molar refractivity (Wildman–Crippen MR) is 93.7 cm³/mol. The molecule has 3 N–H and O–H groups in total. The Morgan fingerprint density at radius 3 is 2.20 bits per heavy atom. The summed E-state index contributed by atoms with van der Waals surface area (Å²) in [7, 11) is -2.70. The maximum Gasteiger partial charge on any atom is 0.338 e. The number of hydrogen-bond donors (Lipinski definition) is 2. The molecule has 130 valence electrons. The Hall–Kier alpha value is -2.98. The van der Waals surface area contributed by atoms with Crippen molar-refractivity contribution in [2.45, 2.75) is 23.6 Å². The summed E-state index contributed by atoms with van der Waals surface area (Å²) >= 11 is 0. The standard InChI is InChI=1S/C18H17NO5S/c1-5-14-10(2)16(19)11(3)17(15(14)18(20)21)25(22,23)13-8-6-12(24-4)7-9-13/h1,6-9H,19H2,2-4H3,(H,20,21). The number of rotatable bonds is 4. The molecule has 6 nitrogen and oxygen atoms in total. The predicted octanol–water partition coefficient (Wildman–Crippen LogP) is 2.41. The molecule has 2 aromatic rings. The van der Waals surface area contributed by atoms with Gasteiger partial charge in [-0.3, -0.25) is 0 Å². The zero-order valence-corrected chi connectivity index (χ0v) is 14.8. The number of carbonyl (C=O) groups is 1. The van der Waals surface area contributed by atoms with Crippen LogP contribution in [0.3, 0.4) is 0 Å². The van der Waals surface area contributed by atoms with Crippen LogP contribution in [0.2, 0.25) is 0 Å². The number of carboxylic acid groups (broad SMARTS) is 1. The van der Waals surface area contributed by atoms with Gasteiger partial charge in [-0.2, -0.15) is 0 Å². The first-order chi connectivity index (χ1) is 11.7. The molecule has 0 saturated carbocycles. The highest BCUT2D eigenvalue weighted by Gasteiger charge is 2.31. The van der Waals surface area contributed by atoms with Crippen LogP contribution in [0.15, 0.2) is 34.1 Å². The van der Waals surface area contributed by atoms with E-state index in [0.717, 1.165) is 0 Å². The molecule has 7 heteroatoms. The first-order valence-electron chi connectivity index (χ1n) is 7.18. The molecule has 0 aliphatic carbocycles. The van der Waals surface area contributed by atoms with Crippen molar-refractivity contribution in [2.24, 2.45) is 0 Å². The summed E-state index contributed by atoms with van der Waals surface area (Å²) in [6.45, 7) is 3.03. The second-order valence-corrected chi connectivity index (χ2v) is 7.26. The Morgan fingerprint density at radius 2 is 1.76 bits per heavy atom. The van der Waals surface area contributed by atoms with Crippen LogP contribution in [0, 0.1) is 26.2 Å². The lowest BCUT2D eigenvalue weighted by Crippen LogP contribution is -2.16. The van der Waals surface area contributed by atoms with Crippen molar-refractivity contribution >= 4 is 21.5 Å². The van der Waals surface area contributed by atoms with Crippen LogP contribution in [0.25, 0.3) is 0 Å². The van der Waals surface area contributed by atoms with Gasteiger partial charge in [0.05, 0.1) is 22.5 Å². The molecule has 0 saturated heterocycles. The van der Waals surface area contributed by atoms with Gasteiger partial charge in [0.15, 0.2) is 0 Å². The van der Waals surface area contributed by atoms with Gasteiger partial charge in [0.25, 0.3) is 0 Å². The fourth-order valence-electron chi connectivity index (χ4n) is 2.62. The average Bonchev–Trinajstić information content (AvgIpc) is 2.59. The highest BCUT2D eigenvalue weighted by molar-refractivity contribution is 7.91. The number of anilines is 1. The van der Waals surface area contributed by atoms with Crippen molar-refractivity contribution < 1.29 is 23.1 Å². The van der Waals surface area contributed by atoms with Gasteiger partial charge in [0.2, 0.25) is 9.84 Å². The van der Waals surface area contributed by atoms with E-state index in [2.05, 4.69) is 5.92 Å². The number of hydrogen-bond acceptors (Lipinski definition) is 5. The van der Waals surface area contributed by atoms with Crippen molar-refractivity contribution in [1.29, 1.82) is 0 Å². The number of terminal acetylenes is 1. The Bertz CT molecular complexity index is 999. The fourth-order valence-corrected chi connectivity index (χ4v) is 4.32. The lowest BCUT2D eigenvalue weighted by Gasteiger charge is -2.18. The molecule has 0 heterocycles. The summed E-state index contributed by atoms with van der Waals surface area (Å²) in [6, 6.07) is 5.63. The van der Waals surface area contributed by atoms with Crippen LogP contribution in [0.5, 0.6) is 5.75 Å². The molecule has 0 unspecified atom stereocenters. The normalized spacial score (nSPS) is 11.0. The molecule has 0 spiro atoms. The third-order valence-electron chi connectivity index (χ3n) is 4.00. The van der Waals surface area contributed by atoms with E-state index >= 15 is 0 Å². The topological polar surface area (TPSA) is 107 Å². The molecular weight excluding hydrogens is 342 g/mol. The third kappa shape index (κ3) is 2.92. The largest absolute Gasteiger partial charge is 0.497 e. The maximum atomic E-state index is 13.1. The van der Waals surface area contributed by atoms with E-state index < -0.39 is 21.4 Å². The summed E-state index contributed by atoms with van der Waals surface area (Å²) in [4.78, 5) is 11.3. The van der Waals surface area contributed by atoms with E-state index in [1.807, 2.05) is 0 Å². The van der Waals surface area contributed by atoms with Gasteiger partial charge in [-0.1, -0.05) is 5.92 Å². The summed E-state index contributed by atoms with van der Waals surface area (Å²) in [5.41, 5.74) is 6.18. The van der Waals surface area contributed by atoms with Gasteiger partial charge < -0.3 is 15.6 Å². The summed E-state index contributed by atoms with van der Waals surface area (Å²) < 4.78 is 31.2. The van der Waals surface area contributed by atoms with Gasteiger partial charge in [-0.25, -0.2) is 13.2 Å². The lowest BCUT2D eigenvalue weighted by molar-refractivity contribution is 0.0692. The molecular formula is C18H17NO5S. The van der Waals surface area contributed by atoms with Crippen LogP contribution in [0.1, 0.15) is 27.0 Å². The van der Waals surface area contributed by atoms with Crippen LogP contribution in [-0.2, 0) is 9.84 Å². The molecule has 0 atom stereocenters. The lowest BCUT2D eigenvalue weighted by atomic mass is 9.97. The molecule has 0 aliphatic heterocycles. The van der Waals surface area contributed by atoms with E-state index in [4.69, 9.17) is 16.9 Å². The van der Waals surface area contributed by atoms with Crippen molar-refractivity contribution in [3.8, 4) is 18.1 Å². The van der Waals surface area contributed by atoms with Crippen molar-refractivity contribution in [3.05, 3.63) is 46.5 Å². The molecule has 0 amide bonds. The van der Waals surface area contributed by atoms with E-state index in [0.29, 0.717) is 11.3 Å². The number of ether oxygens (including phenoxy) is 1. The Morgan fingerprint density at radius 1 is 1.20 bits per heavy atom. The molecule has 0 aromatic heterocycles. The summed E-state index contributed by atoms with van der Waals surface area (Å²) in [6.07, 6.45) is 5.42. The molecule has 2 aromatic carbocycles. The average molecular weight is 359 g/mol. The third-order valence-corrected chi connectivity index (χ3v) is 5.94. The van der Waals surface area contributed by atoms with Gasteiger partial charge in [-0.05, 0) is 49.2 Å². The molecule has 0 radical (unpaired) electrons. The number of carboxylic acids is 1. The molecule has 0 bridgehead atoms. The minimum absolute atomic E-state index is 0.0392. The molecule has 25 heavy (non-hydrogen) atoms. The van der Waals surface area contributed by atoms with E-state index in [1.54, 1.807) is 6.92 Å². The van der Waals surface area contributed by atoms with Crippen LogP contribution < -0.4 is 10.5 Å². The Labute approximate surface area is 146 Å². The smallest absolute Gasteiger partial charge is 0.338 e. The SMILES string of the molecule is C#Cc1c(C)c(N)c(C)c(S(=O)(=O)c2ccc(OC)cc2)c1C(=O)O. The summed E-state index contributed by atoms with van der Waals surface area (Å²) in [5, 5.41) is 9.59. The number of aromatic carboxylic acids is 1. The number of methoxy groups -OCH3 is 1. The quantitative estimate of drug-likeness (QED) is 0.641. The molecule has 2 rings (SSSR count). The fraction of sp³-hybridized carbons (Fsp3) is 0.167. The Balaban J connectivity index is 2.91. The van der Waals surface area contributed by atoms with Crippen molar-refractivity contribution in [1.82, 2.24) is 0 Å². The van der Waals surface area contributed by atoms with Gasteiger partial charge in [-0.15, -0.1) is 6.42 Å². The number of sulfone groups is 1.